The average molecular weight is 517 g/mol. The number of aromatic nitrogens is 3. The van der Waals surface area contributed by atoms with Crippen molar-refractivity contribution in [1.82, 2.24) is 15.0 Å². The largest absolute Gasteiger partial charge is 0.437 e. The van der Waals surface area contributed by atoms with Crippen molar-refractivity contribution < 1.29 is 31.1 Å². The van der Waals surface area contributed by atoms with Gasteiger partial charge in [-0.25, -0.2) is 15.0 Å². The maximum atomic E-state index is 13.1. The van der Waals surface area contributed by atoms with E-state index in [1.165, 1.54) is 41.9 Å². The molecule has 0 aliphatic rings. The highest BCUT2D eigenvalue weighted by atomic mass is 32.1. The second-order valence-corrected chi connectivity index (χ2v) is 8.65. The van der Waals surface area contributed by atoms with E-state index in [2.05, 4.69) is 15.0 Å². The fourth-order valence-corrected chi connectivity index (χ4v) is 4.43. The fourth-order valence-electron chi connectivity index (χ4n) is 3.45. The summed E-state index contributed by atoms with van der Waals surface area (Å²) in [5.74, 6) is 0.445. The van der Waals surface area contributed by atoms with Crippen molar-refractivity contribution in [2.45, 2.75) is 12.4 Å². The molecule has 182 valence electrons. The van der Waals surface area contributed by atoms with Gasteiger partial charge < -0.3 is 4.74 Å². The summed E-state index contributed by atoms with van der Waals surface area (Å²) in [7, 11) is 0. The van der Waals surface area contributed by atoms with Gasteiger partial charge in [0.2, 0.25) is 5.88 Å². The molecular weight excluding hydrogens is 504 g/mol. The van der Waals surface area contributed by atoms with Gasteiger partial charge in [-0.15, -0.1) is 11.3 Å². The third kappa shape index (κ3) is 4.87. The lowest BCUT2D eigenvalue weighted by Gasteiger charge is -2.09. The first-order valence-corrected chi connectivity index (χ1v) is 11.1. The molecule has 0 N–H and O–H groups in total. The highest BCUT2D eigenvalue weighted by Crippen LogP contribution is 2.38. The summed E-state index contributed by atoms with van der Waals surface area (Å²) in [6, 6.07) is 16.0. The summed E-state index contributed by atoms with van der Waals surface area (Å²) in [5.41, 5.74) is 0.00191. The predicted octanol–water partition coefficient (Wildman–Crippen LogP) is 8.25. The number of halogens is 6. The Balaban J connectivity index is 1.45. The fraction of sp³-hybridized carbons (Fsp3) is 0.0800. The van der Waals surface area contributed by atoms with Crippen LogP contribution in [-0.4, -0.2) is 15.0 Å². The van der Waals surface area contributed by atoms with Crippen LogP contribution in [-0.2, 0) is 12.4 Å². The molecule has 2 heterocycles. The first-order chi connectivity index (χ1) is 17.1. The van der Waals surface area contributed by atoms with Crippen LogP contribution >= 0.6 is 11.3 Å². The number of benzene rings is 3. The molecule has 0 aliphatic heterocycles. The van der Waals surface area contributed by atoms with E-state index in [0.717, 1.165) is 24.3 Å². The second-order valence-electron chi connectivity index (χ2n) is 7.62. The van der Waals surface area contributed by atoms with Crippen molar-refractivity contribution in [3.63, 3.8) is 0 Å². The smallest absolute Gasteiger partial charge is 0.416 e. The van der Waals surface area contributed by atoms with Crippen molar-refractivity contribution in [3.8, 4) is 33.5 Å². The van der Waals surface area contributed by atoms with E-state index in [9.17, 15) is 26.3 Å². The molecule has 2 aromatic heterocycles. The summed E-state index contributed by atoms with van der Waals surface area (Å²) in [6.45, 7) is 0. The Labute approximate surface area is 203 Å². The molecule has 4 nitrogen and oxygen atoms in total. The molecule has 0 fully saturated rings. The number of hydrogen-bond acceptors (Lipinski definition) is 5. The Kier molecular flexibility index (Phi) is 5.87. The zero-order valence-corrected chi connectivity index (χ0v) is 18.7. The lowest BCUT2D eigenvalue weighted by Crippen LogP contribution is -2.04. The van der Waals surface area contributed by atoms with Gasteiger partial charge in [-0.2, -0.15) is 26.3 Å². The summed E-state index contributed by atoms with van der Waals surface area (Å²) in [5, 5.41) is 0.389. The van der Waals surface area contributed by atoms with E-state index in [1.54, 1.807) is 24.3 Å². The number of para-hydroxylation sites is 1. The summed E-state index contributed by atoms with van der Waals surface area (Å²) >= 11 is 1.21. The molecule has 0 aliphatic carbocycles. The highest BCUT2D eigenvalue weighted by Gasteiger charge is 2.31. The van der Waals surface area contributed by atoms with Crippen LogP contribution in [0.3, 0.4) is 0 Å². The number of thiazole rings is 1. The lowest BCUT2D eigenvalue weighted by molar-refractivity contribution is -0.138. The third-order valence-corrected chi connectivity index (χ3v) is 6.25. The number of hydrogen-bond donors (Lipinski definition) is 0. The van der Waals surface area contributed by atoms with Gasteiger partial charge in [0.25, 0.3) is 0 Å². The SMILES string of the molecule is FC(F)(F)c1ccc(-c2cc(Oc3cccc4sc(-c5cccc(C(F)(F)F)c5)nc34)ncn2)cc1. The Morgan fingerprint density at radius 1 is 0.694 bits per heavy atom. The van der Waals surface area contributed by atoms with Gasteiger partial charge in [-0.1, -0.05) is 30.3 Å². The van der Waals surface area contributed by atoms with Crippen LogP contribution in [0, 0.1) is 0 Å². The van der Waals surface area contributed by atoms with Gasteiger partial charge >= 0.3 is 12.4 Å². The predicted molar refractivity (Wildman–Crippen MR) is 123 cm³/mol. The molecule has 0 spiro atoms. The van der Waals surface area contributed by atoms with E-state index in [0.29, 0.717) is 37.8 Å². The monoisotopic (exact) mass is 517 g/mol. The molecule has 36 heavy (non-hydrogen) atoms. The van der Waals surface area contributed by atoms with Gasteiger partial charge in [0.15, 0.2) is 5.75 Å². The molecule has 0 radical (unpaired) electrons. The third-order valence-electron chi connectivity index (χ3n) is 5.18. The minimum atomic E-state index is -4.47. The number of ether oxygens (including phenoxy) is 1. The zero-order valence-electron chi connectivity index (χ0n) is 17.9. The minimum Gasteiger partial charge on any atom is -0.437 e. The normalized spacial score (nSPS) is 12.2. The lowest BCUT2D eigenvalue weighted by atomic mass is 10.1. The van der Waals surface area contributed by atoms with Crippen molar-refractivity contribution >= 4 is 21.6 Å². The Bertz CT molecular complexity index is 1540. The molecule has 0 atom stereocenters. The van der Waals surface area contributed by atoms with Crippen LogP contribution in [0.5, 0.6) is 11.6 Å². The zero-order chi connectivity index (χ0) is 25.5. The van der Waals surface area contributed by atoms with Gasteiger partial charge in [0.1, 0.15) is 16.9 Å². The summed E-state index contributed by atoms with van der Waals surface area (Å²) in [6.07, 6.45) is -7.70. The van der Waals surface area contributed by atoms with Crippen LogP contribution in [0.4, 0.5) is 26.3 Å². The van der Waals surface area contributed by atoms with Crippen LogP contribution in [0.1, 0.15) is 11.1 Å². The van der Waals surface area contributed by atoms with Gasteiger partial charge in [-0.3, -0.25) is 0 Å². The van der Waals surface area contributed by atoms with Crippen molar-refractivity contribution in [2.24, 2.45) is 0 Å². The van der Waals surface area contributed by atoms with Gasteiger partial charge in [0.05, 0.1) is 21.5 Å². The molecule has 11 heteroatoms. The molecule has 0 amide bonds. The van der Waals surface area contributed by atoms with Gasteiger partial charge in [0, 0.05) is 17.2 Å². The van der Waals surface area contributed by atoms with E-state index < -0.39 is 23.5 Å². The van der Waals surface area contributed by atoms with Crippen LogP contribution in [0.2, 0.25) is 0 Å². The quantitative estimate of drug-likeness (QED) is 0.225. The standard InChI is InChI=1S/C25H13F6N3OS/c26-24(27,28)16-9-7-14(8-10-16)18-12-21(33-13-32-18)35-19-5-2-6-20-22(19)34-23(36-20)15-3-1-4-17(11-15)25(29,30)31/h1-13H. The minimum absolute atomic E-state index is 0.126. The number of fused-ring (bicyclic) bond motifs is 1. The van der Waals surface area contributed by atoms with Crippen LogP contribution in [0.15, 0.2) is 79.1 Å². The van der Waals surface area contributed by atoms with Crippen LogP contribution in [0.25, 0.3) is 32.0 Å². The van der Waals surface area contributed by atoms with Crippen molar-refractivity contribution in [1.29, 1.82) is 0 Å². The Morgan fingerprint density at radius 3 is 2.14 bits per heavy atom. The molecule has 0 saturated heterocycles. The molecule has 3 aromatic carbocycles. The number of nitrogens with zero attached hydrogens (tertiary/aromatic N) is 3. The molecule has 5 aromatic rings. The molecule has 0 bridgehead atoms. The maximum absolute atomic E-state index is 13.1. The second kappa shape index (κ2) is 8.90. The Morgan fingerprint density at radius 2 is 1.42 bits per heavy atom. The molecular formula is C25H13F6N3OS. The molecule has 0 saturated carbocycles. The summed E-state index contributed by atoms with van der Waals surface area (Å²) in [4.78, 5) is 12.7. The summed E-state index contributed by atoms with van der Waals surface area (Å²) < 4.78 is 84.5. The molecule has 0 unspecified atom stereocenters. The number of rotatable bonds is 4. The van der Waals surface area contributed by atoms with Crippen LogP contribution < -0.4 is 4.74 Å². The molecule has 5 rings (SSSR count). The number of alkyl halides is 6. The van der Waals surface area contributed by atoms with E-state index in [-0.39, 0.29) is 5.88 Å². The van der Waals surface area contributed by atoms with Crippen molar-refractivity contribution in [2.75, 3.05) is 0 Å². The topological polar surface area (TPSA) is 47.9 Å². The highest BCUT2D eigenvalue weighted by molar-refractivity contribution is 7.21. The maximum Gasteiger partial charge on any atom is 0.416 e. The first-order valence-electron chi connectivity index (χ1n) is 10.3. The first kappa shape index (κ1) is 23.7. The van der Waals surface area contributed by atoms with E-state index in [1.807, 2.05) is 0 Å². The van der Waals surface area contributed by atoms with E-state index >= 15 is 0 Å². The van der Waals surface area contributed by atoms with E-state index in [4.69, 9.17) is 4.74 Å². The Hall–Kier alpha value is -3.99. The average Bonchev–Trinajstić information content (AvgIpc) is 3.29. The van der Waals surface area contributed by atoms with Gasteiger partial charge in [-0.05, 0) is 36.4 Å². The van der Waals surface area contributed by atoms with Crippen molar-refractivity contribution in [3.05, 3.63) is 90.3 Å².